The molecule has 1 unspecified atom stereocenters. The first-order chi connectivity index (χ1) is 7.54. The number of amides is 1. The highest BCUT2D eigenvalue weighted by Crippen LogP contribution is 2.17. The lowest BCUT2D eigenvalue weighted by Crippen LogP contribution is -2.18. The number of nitro benzene ring substituents is 1. The SMILES string of the molecule is CC(C#N)C(=O)Nc1cccc([N+](=O)[O-])c1. The predicted octanol–water partition coefficient (Wildman–Crippen LogP) is 1.69. The van der Waals surface area contributed by atoms with Gasteiger partial charge in [0, 0.05) is 17.8 Å². The van der Waals surface area contributed by atoms with Gasteiger partial charge < -0.3 is 5.32 Å². The molecule has 0 heterocycles. The van der Waals surface area contributed by atoms with Crippen molar-refractivity contribution in [1.82, 2.24) is 0 Å². The maximum Gasteiger partial charge on any atom is 0.271 e. The second-order valence-electron chi connectivity index (χ2n) is 3.15. The van der Waals surface area contributed by atoms with E-state index in [4.69, 9.17) is 5.26 Å². The van der Waals surface area contributed by atoms with Gasteiger partial charge in [-0.05, 0) is 13.0 Å². The fraction of sp³-hybridized carbons (Fsp3) is 0.200. The lowest BCUT2D eigenvalue weighted by atomic mass is 10.2. The van der Waals surface area contributed by atoms with Crippen LogP contribution in [0.25, 0.3) is 0 Å². The summed E-state index contributed by atoms with van der Waals surface area (Å²) in [4.78, 5) is 21.2. The number of hydrogen-bond donors (Lipinski definition) is 1. The van der Waals surface area contributed by atoms with Crippen molar-refractivity contribution >= 4 is 17.3 Å². The summed E-state index contributed by atoms with van der Waals surface area (Å²) in [5.74, 6) is -1.28. The van der Waals surface area contributed by atoms with Crippen molar-refractivity contribution in [3.63, 3.8) is 0 Å². The zero-order valence-electron chi connectivity index (χ0n) is 8.51. The molecule has 0 aliphatic rings. The molecule has 0 saturated carbocycles. The molecule has 1 aromatic rings. The van der Waals surface area contributed by atoms with Crippen LogP contribution >= 0.6 is 0 Å². The molecule has 1 amide bonds. The minimum atomic E-state index is -0.792. The average molecular weight is 219 g/mol. The first-order valence-electron chi connectivity index (χ1n) is 4.49. The summed E-state index contributed by atoms with van der Waals surface area (Å²) in [6, 6.07) is 7.32. The van der Waals surface area contributed by atoms with Gasteiger partial charge in [0.15, 0.2) is 0 Å². The van der Waals surface area contributed by atoms with E-state index in [1.165, 1.54) is 31.2 Å². The number of nitro groups is 1. The first-order valence-corrected chi connectivity index (χ1v) is 4.49. The molecule has 0 spiro atoms. The average Bonchev–Trinajstić information content (AvgIpc) is 2.28. The number of nitrogens with zero attached hydrogens (tertiary/aromatic N) is 2. The zero-order valence-corrected chi connectivity index (χ0v) is 8.51. The Labute approximate surface area is 91.6 Å². The van der Waals surface area contributed by atoms with Gasteiger partial charge in [-0.3, -0.25) is 14.9 Å². The van der Waals surface area contributed by atoms with Gasteiger partial charge in [-0.15, -0.1) is 0 Å². The van der Waals surface area contributed by atoms with E-state index in [2.05, 4.69) is 5.32 Å². The van der Waals surface area contributed by atoms with Crippen LogP contribution < -0.4 is 5.32 Å². The number of hydrogen-bond acceptors (Lipinski definition) is 4. The summed E-state index contributed by atoms with van der Waals surface area (Å²) in [5, 5.41) is 21.4. The normalized spacial score (nSPS) is 11.2. The zero-order chi connectivity index (χ0) is 12.1. The molecule has 0 aromatic heterocycles. The lowest BCUT2D eigenvalue weighted by molar-refractivity contribution is -0.384. The summed E-state index contributed by atoms with van der Waals surface area (Å²) >= 11 is 0. The quantitative estimate of drug-likeness (QED) is 0.618. The van der Waals surface area contributed by atoms with E-state index in [0.29, 0.717) is 5.69 Å². The Morgan fingerprint density at radius 2 is 2.31 bits per heavy atom. The monoisotopic (exact) mass is 219 g/mol. The number of non-ortho nitro benzene ring substituents is 1. The van der Waals surface area contributed by atoms with Crippen LogP contribution in [-0.4, -0.2) is 10.8 Å². The van der Waals surface area contributed by atoms with Crippen molar-refractivity contribution in [2.24, 2.45) is 5.92 Å². The Morgan fingerprint density at radius 1 is 1.62 bits per heavy atom. The number of nitrogens with one attached hydrogen (secondary N) is 1. The Kier molecular flexibility index (Phi) is 3.56. The Balaban J connectivity index is 2.83. The van der Waals surface area contributed by atoms with E-state index < -0.39 is 16.7 Å². The first kappa shape index (κ1) is 11.7. The highest BCUT2D eigenvalue weighted by Gasteiger charge is 2.13. The van der Waals surface area contributed by atoms with Gasteiger partial charge in [0.2, 0.25) is 5.91 Å². The van der Waals surface area contributed by atoms with E-state index in [0.717, 1.165) is 0 Å². The van der Waals surface area contributed by atoms with Crippen molar-refractivity contribution in [2.75, 3.05) is 5.32 Å². The smallest absolute Gasteiger partial charge is 0.271 e. The minimum absolute atomic E-state index is 0.109. The van der Waals surface area contributed by atoms with Crippen LogP contribution in [0.3, 0.4) is 0 Å². The van der Waals surface area contributed by atoms with Crippen LogP contribution in [0.15, 0.2) is 24.3 Å². The summed E-state index contributed by atoms with van der Waals surface area (Å²) < 4.78 is 0. The molecule has 6 heteroatoms. The summed E-state index contributed by atoms with van der Waals surface area (Å²) in [5.41, 5.74) is 0.198. The van der Waals surface area contributed by atoms with Crippen LogP contribution in [0.5, 0.6) is 0 Å². The Bertz CT molecular complexity index is 465. The number of carbonyl (C=O) groups excluding carboxylic acids is 1. The largest absolute Gasteiger partial charge is 0.325 e. The fourth-order valence-electron chi connectivity index (χ4n) is 1.01. The molecule has 0 bridgehead atoms. The van der Waals surface area contributed by atoms with Crippen LogP contribution in [-0.2, 0) is 4.79 Å². The molecule has 0 fully saturated rings. The van der Waals surface area contributed by atoms with Crippen LogP contribution in [0.2, 0.25) is 0 Å². The van der Waals surface area contributed by atoms with Crippen LogP contribution in [0, 0.1) is 27.4 Å². The standard InChI is InChI=1S/C10H9N3O3/c1-7(6-11)10(14)12-8-3-2-4-9(5-8)13(15)16/h2-5,7H,1H3,(H,12,14). The van der Waals surface area contributed by atoms with Crippen molar-refractivity contribution in [1.29, 1.82) is 5.26 Å². The van der Waals surface area contributed by atoms with E-state index in [-0.39, 0.29) is 5.69 Å². The lowest BCUT2D eigenvalue weighted by Gasteiger charge is -2.05. The molecule has 82 valence electrons. The third-order valence-corrected chi connectivity index (χ3v) is 1.91. The molecular formula is C10H9N3O3. The molecule has 0 aliphatic heterocycles. The summed E-state index contributed by atoms with van der Waals surface area (Å²) in [6.45, 7) is 1.45. The van der Waals surface area contributed by atoms with Crippen molar-refractivity contribution < 1.29 is 9.72 Å². The van der Waals surface area contributed by atoms with Crippen molar-refractivity contribution in [2.45, 2.75) is 6.92 Å². The molecule has 1 atom stereocenters. The molecule has 0 aliphatic carbocycles. The highest BCUT2D eigenvalue weighted by atomic mass is 16.6. The number of rotatable bonds is 3. The van der Waals surface area contributed by atoms with Crippen LogP contribution in [0.1, 0.15) is 6.92 Å². The molecule has 1 N–H and O–H groups in total. The number of nitriles is 1. The van der Waals surface area contributed by atoms with Gasteiger partial charge in [0.25, 0.3) is 5.69 Å². The van der Waals surface area contributed by atoms with Crippen LogP contribution in [0.4, 0.5) is 11.4 Å². The molecule has 1 aromatic carbocycles. The van der Waals surface area contributed by atoms with Gasteiger partial charge in [0.05, 0.1) is 11.0 Å². The number of benzene rings is 1. The van der Waals surface area contributed by atoms with Gasteiger partial charge >= 0.3 is 0 Å². The van der Waals surface area contributed by atoms with E-state index in [9.17, 15) is 14.9 Å². The van der Waals surface area contributed by atoms with E-state index in [1.807, 2.05) is 0 Å². The Morgan fingerprint density at radius 3 is 2.88 bits per heavy atom. The van der Waals surface area contributed by atoms with Gasteiger partial charge in [0.1, 0.15) is 5.92 Å². The minimum Gasteiger partial charge on any atom is -0.325 e. The van der Waals surface area contributed by atoms with Crippen molar-refractivity contribution in [3.05, 3.63) is 34.4 Å². The molecule has 6 nitrogen and oxygen atoms in total. The predicted molar refractivity (Wildman–Crippen MR) is 56.5 cm³/mol. The number of carbonyl (C=O) groups is 1. The fourth-order valence-corrected chi connectivity index (χ4v) is 1.01. The maximum absolute atomic E-state index is 11.3. The summed E-state index contributed by atoms with van der Waals surface area (Å²) in [6.07, 6.45) is 0. The van der Waals surface area contributed by atoms with Gasteiger partial charge in [-0.25, -0.2) is 0 Å². The topological polar surface area (TPSA) is 96.0 Å². The molecule has 0 radical (unpaired) electrons. The second kappa shape index (κ2) is 4.89. The maximum atomic E-state index is 11.3. The highest BCUT2D eigenvalue weighted by molar-refractivity contribution is 5.94. The molecule has 0 saturated heterocycles. The van der Waals surface area contributed by atoms with Gasteiger partial charge in [-0.1, -0.05) is 6.07 Å². The van der Waals surface area contributed by atoms with E-state index >= 15 is 0 Å². The van der Waals surface area contributed by atoms with Gasteiger partial charge in [-0.2, -0.15) is 5.26 Å². The van der Waals surface area contributed by atoms with Crippen molar-refractivity contribution in [3.8, 4) is 6.07 Å². The number of anilines is 1. The third kappa shape index (κ3) is 2.78. The van der Waals surface area contributed by atoms with E-state index in [1.54, 1.807) is 6.07 Å². The Hall–Kier alpha value is -2.42. The third-order valence-electron chi connectivity index (χ3n) is 1.91. The molecule has 16 heavy (non-hydrogen) atoms. The molecule has 1 rings (SSSR count). The second-order valence-corrected chi connectivity index (χ2v) is 3.15. The molecular weight excluding hydrogens is 210 g/mol. The summed E-state index contributed by atoms with van der Waals surface area (Å²) in [7, 11) is 0.